The number of ether oxygens (including phenoxy) is 3. The molecule has 0 radical (unpaired) electrons. The average molecular weight is 485 g/mol. The summed E-state index contributed by atoms with van der Waals surface area (Å²) in [6.45, 7) is 2.78. The minimum Gasteiger partial charge on any atom is -0.507 e. The second-order valence-electron chi connectivity index (χ2n) is 8.51. The number of methoxy groups -OCH3 is 3. The normalized spacial score (nSPS) is 19.9. The van der Waals surface area contributed by atoms with Crippen LogP contribution >= 0.6 is 0 Å². The van der Waals surface area contributed by atoms with Crippen molar-refractivity contribution < 1.29 is 33.3 Å². The van der Waals surface area contributed by atoms with Crippen molar-refractivity contribution in [3.05, 3.63) is 58.9 Å². The number of likely N-dealkylation sites (tertiary alicyclic amines) is 2. The molecule has 2 fully saturated rings. The Morgan fingerprint density at radius 3 is 2.11 bits per heavy atom. The highest BCUT2D eigenvalue weighted by atomic mass is 19.1. The molecule has 186 valence electrons. The number of halogens is 1. The quantitative estimate of drug-likeness (QED) is 0.349. The van der Waals surface area contributed by atoms with Crippen LogP contribution < -0.4 is 14.2 Å². The van der Waals surface area contributed by atoms with E-state index in [1.807, 2.05) is 0 Å². The Kier molecular flexibility index (Phi) is 7.25. The molecule has 0 aromatic heterocycles. The minimum absolute atomic E-state index is 0.0719. The lowest BCUT2D eigenvalue weighted by Gasteiger charge is -2.28. The maximum atomic E-state index is 13.5. The number of carbonyl (C=O) groups is 2. The summed E-state index contributed by atoms with van der Waals surface area (Å²) >= 11 is 0. The number of aliphatic hydroxyl groups excluding tert-OH is 1. The van der Waals surface area contributed by atoms with Gasteiger partial charge in [-0.1, -0.05) is 0 Å². The molecule has 2 aromatic rings. The predicted molar refractivity (Wildman–Crippen MR) is 127 cm³/mol. The number of ketones is 1. The molecule has 1 N–H and O–H groups in total. The molecule has 0 saturated carbocycles. The van der Waals surface area contributed by atoms with Crippen molar-refractivity contribution in [2.24, 2.45) is 0 Å². The first-order chi connectivity index (χ1) is 16.9. The van der Waals surface area contributed by atoms with E-state index in [0.717, 1.165) is 25.9 Å². The lowest BCUT2D eigenvalue weighted by Crippen LogP contribution is -2.37. The summed E-state index contributed by atoms with van der Waals surface area (Å²) in [5.41, 5.74) is 0.683. The van der Waals surface area contributed by atoms with Crippen molar-refractivity contribution in [2.75, 3.05) is 47.5 Å². The van der Waals surface area contributed by atoms with E-state index >= 15 is 0 Å². The molecular weight excluding hydrogens is 455 g/mol. The molecule has 2 aliphatic heterocycles. The van der Waals surface area contributed by atoms with Gasteiger partial charge in [-0.3, -0.25) is 9.59 Å². The highest BCUT2D eigenvalue weighted by molar-refractivity contribution is 6.46. The van der Waals surface area contributed by atoms with E-state index in [-0.39, 0.29) is 16.9 Å². The van der Waals surface area contributed by atoms with Crippen LogP contribution in [-0.2, 0) is 9.59 Å². The third-order valence-electron chi connectivity index (χ3n) is 6.52. The van der Waals surface area contributed by atoms with E-state index in [1.54, 1.807) is 12.1 Å². The van der Waals surface area contributed by atoms with Crippen LogP contribution in [0.5, 0.6) is 17.2 Å². The standard InChI is InChI=1S/C26H29FN2O6/c1-33-19-14-17(15-20(34-2)25(19)35-3)22-21(23(30)16-6-8-18(27)9-7-16)24(31)26(32)29(22)13-12-28-10-4-5-11-28/h6-9,14-15,22,30H,4-5,10-13H2,1-3H3/b23-21+. The molecule has 9 heteroatoms. The van der Waals surface area contributed by atoms with Crippen molar-refractivity contribution >= 4 is 17.4 Å². The van der Waals surface area contributed by atoms with Gasteiger partial charge in [0.1, 0.15) is 11.6 Å². The van der Waals surface area contributed by atoms with E-state index in [2.05, 4.69) is 4.90 Å². The van der Waals surface area contributed by atoms with Crippen LogP contribution in [0, 0.1) is 5.82 Å². The van der Waals surface area contributed by atoms with Crippen LogP contribution in [0.25, 0.3) is 5.76 Å². The summed E-state index contributed by atoms with van der Waals surface area (Å²) in [5.74, 6) is -1.27. The van der Waals surface area contributed by atoms with Crippen molar-refractivity contribution in [3.63, 3.8) is 0 Å². The monoisotopic (exact) mass is 484 g/mol. The Morgan fingerprint density at radius 2 is 1.57 bits per heavy atom. The molecule has 4 rings (SSSR count). The summed E-state index contributed by atoms with van der Waals surface area (Å²) in [5, 5.41) is 11.1. The highest BCUT2D eigenvalue weighted by Gasteiger charge is 2.46. The Morgan fingerprint density at radius 1 is 0.971 bits per heavy atom. The van der Waals surface area contributed by atoms with Crippen LogP contribution in [0.4, 0.5) is 4.39 Å². The van der Waals surface area contributed by atoms with E-state index in [0.29, 0.717) is 35.9 Å². The number of carbonyl (C=O) groups excluding carboxylic acids is 2. The Labute approximate surface area is 203 Å². The molecule has 2 aromatic carbocycles. The smallest absolute Gasteiger partial charge is 0.295 e. The van der Waals surface area contributed by atoms with Gasteiger partial charge in [0.15, 0.2) is 11.5 Å². The lowest BCUT2D eigenvalue weighted by atomic mass is 9.94. The first-order valence-corrected chi connectivity index (χ1v) is 11.5. The largest absolute Gasteiger partial charge is 0.507 e. The third-order valence-corrected chi connectivity index (χ3v) is 6.52. The fourth-order valence-electron chi connectivity index (χ4n) is 4.74. The summed E-state index contributed by atoms with van der Waals surface area (Å²) in [4.78, 5) is 30.1. The Bertz CT molecular complexity index is 1120. The average Bonchev–Trinajstić information content (AvgIpc) is 3.48. The van der Waals surface area contributed by atoms with Gasteiger partial charge in [-0.2, -0.15) is 0 Å². The predicted octanol–water partition coefficient (Wildman–Crippen LogP) is 3.37. The van der Waals surface area contributed by atoms with Crippen molar-refractivity contribution in [1.82, 2.24) is 9.80 Å². The van der Waals surface area contributed by atoms with Crippen LogP contribution in [0.15, 0.2) is 42.0 Å². The van der Waals surface area contributed by atoms with Gasteiger partial charge in [0.2, 0.25) is 5.75 Å². The molecule has 1 atom stereocenters. The SMILES string of the molecule is COc1cc(C2/C(=C(\O)c3ccc(F)cc3)C(=O)C(=O)N2CCN2CCCC2)cc(OC)c1OC. The van der Waals surface area contributed by atoms with Gasteiger partial charge in [-0.15, -0.1) is 0 Å². The first kappa shape index (κ1) is 24.5. The maximum absolute atomic E-state index is 13.5. The van der Waals surface area contributed by atoms with Gasteiger partial charge in [0.05, 0.1) is 32.9 Å². The minimum atomic E-state index is -0.892. The second-order valence-corrected chi connectivity index (χ2v) is 8.51. The fourth-order valence-corrected chi connectivity index (χ4v) is 4.74. The molecule has 35 heavy (non-hydrogen) atoms. The molecule has 2 aliphatic rings. The lowest BCUT2D eigenvalue weighted by molar-refractivity contribution is -0.140. The van der Waals surface area contributed by atoms with Gasteiger partial charge >= 0.3 is 0 Å². The molecule has 0 bridgehead atoms. The molecular formula is C26H29FN2O6. The molecule has 8 nitrogen and oxygen atoms in total. The zero-order chi connectivity index (χ0) is 25.1. The molecule has 0 aliphatic carbocycles. The van der Waals surface area contributed by atoms with Crippen LogP contribution in [-0.4, -0.2) is 74.1 Å². The number of hydrogen-bond donors (Lipinski definition) is 1. The zero-order valence-electron chi connectivity index (χ0n) is 20.0. The second kappa shape index (κ2) is 10.4. The van der Waals surface area contributed by atoms with E-state index in [4.69, 9.17) is 14.2 Å². The van der Waals surface area contributed by atoms with Gasteiger partial charge in [-0.25, -0.2) is 4.39 Å². The summed E-state index contributed by atoms with van der Waals surface area (Å²) in [7, 11) is 4.44. The Balaban J connectivity index is 1.85. The van der Waals surface area contributed by atoms with Gasteiger partial charge in [-0.05, 0) is 67.9 Å². The number of hydrogen-bond acceptors (Lipinski definition) is 7. The Hall–Kier alpha value is -3.59. The maximum Gasteiger partial charge on any atom is 0.295 e. The molecule has 2 saturated heterocycles. The van der Waals surface area contributed by atoms with Crippen molar-refractivity contribution in [1.29, 1.82) is 0 Å². The van der Waals surface area contributed by atoms with Crippen LogP contribution in [0.1, 0.15) is 30.0 Å². The van der Waals surface area contributed by atoms with Crippen LogP contribution in [0.2, 0.25) is 0 Å². The van der Waals surface area contributed by atoms with Crippen LogP contribution in [0.3, 0.4) is 0 Å². The highest BCUT2D eigenvalue weighted by Crippen LogP contribution is 2.45. The summed E-state index contributed by atoms with van der Waals surface area (Å²) < 4.78 is 29.9. The summed E-state index contributed by atoms with van der Waals surface area (Å²) in [6.07, 6.45) is 2.19. The topological polar surface area (TPSA) is 88.5 Å². The van der Waals surface area contributed by atoms with Crippen molar-refractivity contribution in [2.45, 2.75) is 18.9 Å². The third kappa shape index (κ3) is 4.68. The zero-order valence-corrected chi connectivity index (χ0v) is 20.0. The number of rotatable bonds is 8. The first-order valence-electron chi connectivity index (χ1n) is 11.5. The number of amides is 1. The van der Waals surface area contributed by atoms with Crippen molar-refractivity contribution in [3.8, 4) is 17.2 Å². The van der Waals surface area contributed by atoms with Gasteiger partial charge in [0, 0.05) is 18.7 Å². The molecule has 1 amide bonds. The van der Waals surface area contributed by atoms with E-state index in [1.165, 1.54) is 50.5 Å². The number of Topliss-reactive ketones (excluding diaryl/α,β-unsaturated/α-hetero) is 1. The number of benzene rings is 2. The number of nitrogens with zero attached hydrogens (tertiary/aromatic N) is 2. The van der Waals surface area contributed by atoms with E-state index in [9.17, 15) is 19.1 Å². The molecule has 1 unspecified atom stereocenters. The van der Waals surface area contributed by atoms with Gasteiger partial charge in [0.25, 0.3) is 11.7 Å². The van der Waals surface area contributed by atoms with Gasteiger partial charge < -0.3 is 29.1 Å². The molecule has 0 spiro atoms. The fraction of sp³-hybridized carbons (Fsp3) is 0.385. The summed E-state index contributed by atoms with van der Waals surface area (Å²) in [6, 6.07) is 7.55. The molecule has 2 heterocycles. The number of aliphatic hydroxyl groups is 1. The van der Waals surface area contributed by atoms with E-state index < -0.39 is 23.5 Å².